The Hall–Kier alpha value is -3.05. The first-order valence-electron chi connectivity index (χ1n) is 9.28. The number of carbonyl (C=O) groups is 1. The first kappa shape index (κ1) is 22.6. The van der Waals surface area contributed by atoms with Crippen molar-refractivity contribution in [1.82, 2.24) is 20.2 Å². The van der Waals surface area contributed by atoms with Gasteiger partial charge in [0.1, 0.15) is 5.75 Å². The minimum absolute atomic E-state index is 0.0911. The van der Waals surface area contributed by atoms with Crippen LogP contribution in [0.3, 0.4) is 0 Å². The Kier molecular flexibility index (Phi) is 7.90. The first-order chi connectivity index (χ1) is 15.0. The Morgan fingerprint density at radius 3 is 2.84 bits per heavy atom. The first-order valence-corrected chi connectivity index (χ1v) is 11.1. The van der Waals surface area contributed by atoms with Crippen LogP contribution in [0, 0.1) is 0 Å². The van der Waals surface area contributed by atoms with Gasteiger partial charge in [0, 0.05) is 10.0 Å². The van der Waals surface area contributed by atoms with Crippen LogP contribution in [0.2, 0.25) is 0 Å². The molecule has 0 fully saturated rings. The van der Waals surface area contributed by atoms with Gasteiger partial charge >= 0.3 is 0 Å². The number of thioether (sulfide) groups is 1. The molecule has 9 nitrogen and oxygen atoms in total. The van der Waals surface area contributed by atoms with Crippen molar-refractivity contribution in [3.05, 3.63) is 64.1 Å². The Bertz CT molecular complexity index is 1060. The van der Waals surface area contributed by atoms with E-state index in [2.05, 4.69) is 42.0 Å². The van der Waals surface area contributed by atoms with Gasteiger partial charge in [-0.15, -0.1) is 10.2 Å². The van der Waals surface area contributed by atoms with Gasteiger partial charge in [0.2, 0.25) is 11.1 Å². The lowest BCUT2D eigenvalue weighted by Gasteiger charge is -2.13. The minimum Gasteiger partial charge on any atom is -0.496 e. The van der Waals surface area contributed by atoms with Crippen molar-refractivity contribution >= 4 is 45.8 Å². The number of nitrogen functional groups attached to an aromatic ring is 1. The predicted octanol–water partition coefficient (Wildman–Crippen LogP) is 3.18. The molecule has 3 rings (SSSR count). The summed E-state index contributed by atoms with van der Waals surface area (Å²) in [5, 5.41) is 15.4. The van der Waals surface area contributed by atoms with Crippen LogP contribution < -0.4 is 21.3 Å². The number of nitrogens with two attached hydrogens (primary N) is 1. The monoisotopic (exact) mass is 503 g/mol. The summed E-state index contributed by atoms with van der Waals surface area (Å²) in [5.74, 6) is 6.96. The van der Waals surface area contributed by atoms with Crippen molar-refractivity contribution < 1.29 is 9.53 Å². The largest absolute Gasteiger partial charge is 0.496 e. The number of amides is 1. The topological polar surface area (TPSA) is 119 Å². The van der Waals surface area contributed by atoms with Crippen LogP contribution in [0.25, 0.3) is 0 Å². The van der Waals surface area contributed by atoms with Gasteiger partial charge in [-0.3, -0.25) is 4.79 Å². The maximum Gasteiger partial charge on any atom is 0.264 e. The van der Waals surface area contributed by atoms with Crippen LogP contribution >= 0.6 is 27.7 Å². The molecule has 1 unspecified atom stereocenters. The zero-order chi connectivity index (χ0) is 22.2. The lowest BCUT2D eigenvalue weighted by molar-refractivity contribution is -0.119. The normalized spacial score (nSPS) is 12.0. The molecule has 1 aromatic heterocycles. The van der Waals surface area contributed by atoms with Crippen molar-refractivity contribution in [2.45, 2.75) is 18.1 Å². The van der Waals surface area contributed by atoms with E-state index in [0.29, 0.717) is 10.9 Å². The van der Waals surface area contributed by atoms with E-state index in [-0.39, 0.29) is 23.7 Å². The third-order valence-corrected chi connectivity index (χ3v) is 5.67. The van der Waals surface area contributed by atoms with Crippen LogP contribution in [0.5, 0.6) is 5.75 Å². The highest BCUT2D eigenvalue weighted by atomic mass is 79.9. The van der Waals surface area contributed by atoms with Gasteiger partial charge in [-0.2, -0.15) is 5.10 Å². The molecule has 0 aliphatic carbocycles. The second-order valence-electron chi connectivity index (χ2n) is 6.42. The number of hydrogen-bond acceptors (Lipinski definition) is 8. The third-order valence-electron chi connectivity index (χ3n) is 4.23. The molecule has 4 N–H and O–H groups in total. The fourth-order valence-electron chi connectivity index (χ4n) is 2.66. The SMILES string of the molecule is COc1ccc(Br)cc1/C=N/Nc1nnc(SCC(=O)NC(C)c2ccccc2)n1N. The van der Waals surface area contributed by atoms with Crippen LogP contribution in [-0.4, -0.2) is 39.9 Å². The summed E-state index contributed by atoms with van der Waals surface area (Å²) in [5.41, 5.74) is 4.55. The molecule has 0 radical (unpaired) electrons. The van der Waals surface area contributed by atoms with Gasteiger partial charge in [0.05, 0.1) is 25.1 Å². The molecule has 0 spiro atoms. The number of nitrogens with zero attached hydrogens (tertiary/aromatic N) is 4. The number of hydrazone groups is 1. The average molecular weight is 504 g/mol. The molecule has 1 atom stereocenters. The Morgan fingerprint density at radius 1 is 1.32 bits per heavy atom. The maximum absolute atomic E-state index is 12.2. The lowest BCUT2D eigenvalue weighted by atomic mass is 10.1. The minimum atomic E-state index is -0.126. The molecule has 0 aliphatic rings. The van der Waals surface area contributed by atoms with Crippen molar-refractivity contribution in [2.75, 3.05) is 24.1 Å². The van der Waals surface area contributed by atoms with E-state index in [1.807, 2.05) is 55.5 Å². The smallest absolute Gasteiger partial charge is 0.264 e. The van der Waals surface area contributed by atoms with Crippen LogP contribution in [0.15, 0.2) is 63.3 Å². The van der Waals surface area contributed by atoms with E-state index in [0.717, 1.165) is 15.6 Å². The molecule has 3 aromatic rings. The summed E-state index contributed by atoms with van der Waals surface area (Å²) in [4.78, 5) is 12.2. The molecule has 0 aliphatic heterocycles. The van der Waals surface area contributed by atoms with E-state index >= 15 is 0 Å². The van der Waals surface area contributed by atoms with Gasteiger partial charge in [0.25, 0.3) is 5.95 Å². The summed E-state index contributed by atoms with van der Waals surface area (Å²) in [6, 6.07) is 15.2. The van der Waals surface area contributed by atoms with Crippen LogP contribution in [0.4, 0.5) is 5.95 Å². The summed E-state index contributed by atoms with van der Waals surface area (Å²) in [7, 11) is 1.59. The van der Waals surface area contributed by atoms with E-state index in [1.165, 1.54) is 16.4 Å². The highest BCUT2D eigenvalue weighted by Gasteiger charge is 2.14. The number of carbonyl (C=O) groups excluding carboxylic acids is 1. The fraction of sp³-hybridized carbons (Fsp3) is 0.200. The van der Waals surface area contributed by atoms with Gasteiger partial charge in [-0.05, 0) is 30.7 Å². The number of ether oxygens (including phenoxy) is 1. The molecule has 1 heterocycles. The second kappa shape index (κ2) is 10.8. The maximum atomic E-state index is 12.2. The van der Waals surface area contributed by atoms with Crippen molar-refractivity contribution in [3.63, 3.8) is 0 Å². The summed E-state index contributed by atoms with van der Waals surface area (Å²) < 4.78 is 7.44. The Balaban J connectivity index is 1.54. The number of hydrogen-bond donors (Lipinski definition) is 3. The van der Waals surface area contributed by atoms with Crippen molar-refractivity contribution in [1.29, 1.82) is 0 Å². The van der Waals surface area contributed by atoms with Crippen molar-refractivity contribution in [3.8, 4) is 5.75 Å². The van der Waals surface area contributed by atoms with Crippen LogP contribution in [-0.2, 0) is 4.79 Å². The summed E-state index contributed by atoms with van der Waals surface area (Å²) in [6.07, 6.45) is 1.59. The molecule has 0 saturated carbocycles. The molecule has 1 amide bonds. The number of halogens is 1. The van der Waals surface area contributed by atoms with Gasteiger partial charge in [-0.1, -0.05) is 58.0 Å². The van der Waals surface area contributed by atoms with Gasteiger partial charge < -0.3 is 15.9 Å². The Morgan fingerprint density at radius 2 is 2.10 bits per heavy atom. The highest BCUT2D eigenvalue weighted by Crippen LogP contribution is 2.21. The molecule has 11 heteroatoms. The summed E-state index contributed by atoms with van der Waals surface area (Å²) in [6.45, 7) is 1.93. The number of aromatic nitrogens is 3. The third kappa shape index (κ3) is 6.22. The average Bonchev–Trinajstić information content (AvgIpc) is 3.12. The van der Waals surface area contributed by atoms with Gasteiger partial charge in [0.15, 0.2) is 0 Å². The predicted molar refractivity (Wildman–Crippen MR) is 126 cm³/mol. The lowest BCUT2D eigenvalue weighted by Crippen LogP contribution is -2.28. The quantitative estimate of drug-likeness (QED) is 0.177. The van der Waals surface area contributed by atoms with E-state index in [1.54, 1.807) is 13.3 Å². The standard InChI is InChI=1S/C20H22BrN7O2S/c1-13(14-6-4-3-5-7-14)24-18(29)12-31-20-27-26-19(28(20)22)25-23-11-15-10-16(21)8-9-17(15)30-2/h3-11,13H,12,22H2,1-2H3,(H,24,29)(H,25,26)/b23-11+. The zero-order valence-corrected chi connectivity index (χ0v) is 19.4. The van der Waals surface area contributed by atoms with Crippen molar-refractivity contribution in [2.24, 2.45) is 5.10 Å². The molecule has 0 bridgehead atoms. The number of nitrogens with one attached hydrogen (secondary N) is 2. The van der Waals surface area contributed by atoms with Crippen LogP contribution in [0.1, 0.15) is 24.1 Å². The molecular weight excluding hydrogens is 482 g/mol. The molecule has 0 saturated heterocycles. The fourth-order valence-corrected chi connectivity index (χ4v) is 3.70. The number of benzene rings is 2. The molecular formula is C20H22BrN7O2S. The number of methoxy groups -OCH3 is 1. The van der Waals surface area contributed by atoms with E-state index < -0.39 is 0 Å². The number of rotatable bonds is 9. The van der Waals surface area contributed by atoms with Gasteiger partial charge in [-0.25, -0.2) is 10.1 Å². The second-order valence-corrected chi connectivity index (χ2v) is 8.28. The Labute approximate surface area is 192 Å². The molecule has 31 heavy (non-hydrogen) atoms. The molecule has 2 aromatic carbocycles. The van der Waals surface area contributed by atoms with E-state index in [9.17, 15) is 4.79 Å². The summed E-state index contributed by atoms with van der Waals surface area (Å²) >= 11 is 4.60. The zero-order valence-electron chi connectivity index (χ0n) is 16.9. The van der Waals surface area contributed by atoms with E-state index in [4.69, 9.17) is 10.6 Å². The molecule has 162 valence electrons. The number of anilines is 1. The highest BCUT2D eigenvalue weighted by molar-refractivity contribution is 9.10.